The molecule has 134 valence electrons. The third-order valence-corrected chi connectivity index (χ3v) is 4.83. The fraction of sp³-hybridized carbons (Fsp3) is 0.450. The normalized spacial score (nSPS) is 18.3. The highest BCUT2D eigenvalue weighted by Crippen LogP contribution is 2.28. The van der Waals surface area contributed by atoms with Crippen molar-refractivity contribution in [1.29, 1.82) is 0 Å². The van der Waals surface area contributed by atoms with Crippen LogP contribution in [0.1, 0.15) is 43.1 Å². The van der Waals surface area contributed by atoms with Crippen LogP contribution in [0.5, 0.6) is 5.75 Å². The minimum Gasteiger partial charge on any atom is -0.497 e. The summed E-state index contributed by atoms with van der Waals surface area (Å²) in [5, 5.41) is 10.3. The maximum absolute atomic E-state index is 12.6. The first-order valence-corrected chi connectivity index (χ1v) is 8.81. The Kier molecular flexibility index (Phi) is 5.76. The van der Waals surface area contributed by atoms with Gasteiger partial charge in [0.15, 0.2) is 0 Å². The molecule has 0 aliphatic carbocycles. The van der Waals surface area contributed by atoms with Gasteiger partial charge in [-0.05, 0) is 49.1 Å². The Morgan fingerprint density at radius 3 is 3.04 bits per heavy atom. The van der Waals surface area contributed by atoms with Crippen molar-refractivity contribution in [1.82, 2.24) is 4.90 Å². The molecule has 0 saturated carbocycles. The van der Waals surface area contributed by atoms with Gasteiger partial charge in [0, 0.05) is 25.4 Å². The maximum Gasteiger partial charge on any atom is 0.223 e. The van der Waals surface area contributed by atoms with Gasteiger partial charge >= 0.3 is 0 Å². The molecule has 25 heavy (non-hydrogen) atoms. The van der Waals surface area contributed by atoms with Gasteiger partial charge in [0.2, 0.25) is 5.91 Å². The van der Waals surface area contributed by atoms with Crippen LogP contribution in [0.4, 0.5) is 0 Å². The van der Waals surface area contributed by atoms with E-state index in [4.69, 9.17) is 9.15 Å². The van der Waals surface area contributed by atoms with Crippen LogP contribution in [0.2, 0.25) is 0 Å². The molecule has 5 nitrogen and oxygen atoms in total. The fourth-order valence-corrected chi connectivity index (χ4v) is 3.49. The Morgan fingerprint density at radius 2 is 2.28 bits per heavy atom. The van der Waals surface area contributed by atoms with E-state index in [0.29, 0.717) is 25.0 Å². The first-order chi connectivity index (χ1) is 12.2. The van der Waals surface area contributed by atoms with Gasteiger partial charge in [-0.2, -0.15) is 0 Å². The summed E-state index contributed by atoms with van der Waals surface area (Å²) in [6.07, 6.45) is 4.51. The van der Waals surface area contributed by atoms with Crippen molar-refractivity contribution >= 4 is 5.91 Å². The number of nitrogens with zero attached hydrogens (tertiary/aromatic N) is 1. The van der Waals surface area contributed by atoms with Gasteiger partial charge in [0.25, 0.3) is 0 Å². The van der Waals surface area contributed by atoms with Crippen LogP contribution >= 0.6 is 0 Å². The van der Waals surface area contributed by atoms with Crippen LogP contribution < -0.4 is 4.74 Å². The van der Waals surface area contributed by atoms with Crippen molar-refractivity contribution in [2.75, 3.05) is 13.7 Å². The predicted molar refractivity (Wildman–Crippen MR) is 94.3 cm³/mol. The van der Waals surface area contributed by atoms with Gasteiger partial charge in [0.1, 0.15) is 17.6 Å². The molecular weight excluding hydrogens is 318 g/mol. The summed E-state index contributed by atoms with van der Waals surface area (Å²) in [5.41, 5.74) is 1.10. The smallest absolute Gasteiger partial charge is 0.223 e. The van der Waals surface area contributed by atoms with Crippen LogP contribution in [0.25, 0.3) is 0 Å². The second-order valence-corrected chi connectivity index (χ2v) is 6.50. The van der Waals surface area contributed by atoms with Crippen LogP contribution in [-0.2, 0) is 11.2 Å². The average Bonchev–Trinajstić information content (AvgIpc) is 3.31. The van der Waals surface area contributed by atoms with Crippen LogP contribution in [0, 0.1) is 0 Å². The SMILES string of the molecule is COc1cccc(CCC(=O)N2CCC[C@H]2C[C@H](O)c2ccco2)c1. The van der Waals surface area contributed by atoms with Crippen molar-refractivity contribution in [2.24, 2.45) is 0 Å². The maximum atomic E-state index is 12.6. The number of ether oxygens (including phenoxy) is 1. The number of carbonyl (C=O) groups excluding carboxylic acids is 1. The Labute approximate surface area is 148 Å². The Balaban J connectivity index is 1.55. The summed E-state index contributed by atoms with van der Waals surface area (Å²) in [6.45, 7) is 0.770. The molecule has 0 radical (unpaired) electrons. The highest BCUT2D eigenvalue weighted by Gasteiger charge is 2.30. The van der Waals surface area contributed by atoms with Gasteiger partial charge in [-0.3, -0.25) is 4.79 Å². The molecule has 0 bridgehead atoms. The van der Waals surface area contributed by atoms with E-state index < -0.39 is 6.10 Å². The minimum absolute atomic E-state index is 0.0814. The second kappa shape index (κ2) is 8.21. The summed E-state index contributed by atoms with van der Waals surface area (Å²) in [4.78, 5) is 14.6. The molecular formula is C20H25NO4. The minimum atomic E-state index is -0.660. The molecule has 5 heteroatoms. The number of amides is 1. The number of benzene rings is 1. The van der Waals surface area contributed by atoms with E-state index in [1.54, 1.807) is 25.5 Å². The number of methoxy groups -OCH3 is 1. The summed E-state index contributed by atoms with van der Waals surface area (Å²) < 4.78 is 10.5. The molecule has 2 atom stereocenters. The van der Waals surface area contributed by atoms with Gasteiger partial charge in [-0.1, -0.05) is 12.1 Å². The largest absolute Gasteiger partial charge is 0.497 e. The van der Waals surface area contributed by atoms with Crippen molar-refractivity contribution in [2.45, 2.75) is 44.2 Å². The van der Waals surface area contributed by atoms with E-state index in [0.717, 1.165) is 30.7 Å². The highest BCUT2D eigenvalue weighted by molar-refractivity contribution is 5.77. The summed E-state index contributed by atoms with van der Waals surface area (Å²) in [7, 11) is 1.64. The first kappa shape index (κ1) is 17.5. The lowest BCUT2D eigenvalue weighted by Crippen LogP contribution is -2.36. The third kappa shape index (κ3) is 4.42. The molecule has 1 saturated heterocycles. The van der Waals surface area contributed by atoms with Gasteiger partial charge in [-0.15, -0.1) is 0 Å². The molecule has 1 aliphatic rings. The van der Waals surface area contributed by atoms with E-state index in [1.807, 2.05) is 29.2 Å². The number of hydrogen-bond acceptors (Lipinski definition) is 4. The Morgan fingerprint density at radius 1 is 1.40 bits per heavy atom. The predicted octanol–water partition coefficient (Wildman–Crippen LogP) is 3.34. The number of rotatable bonds is 7. The van der Waals surface area contributed by atoms with Gasteiger partial charge in [0.05, 0.1) is 13.4 Å². The molecule has 0 spiro atoms. The molecule has 1 aromatic carbocycles. The van der Waals surface area contributed by atoms with E-state index in [1.165, 1.54) is 0 Å². The number of furan rings is 1. The van der Waals surface area contributed by atoms with Crippen LogP contribution in [0.3, 0.4) is 0 Å². The van der Waals surface area contributed by atoms with Crippen molar-refractivity contribution in [3.05, 3.63) is 54.0 Å². The van der Waals surface area contributed by atoms with E-state index in [2.05, 4.69) is 0 Å². The number of likely N-dealkylation sites (tertiary alicyclic amines) is 1. The standard InChI is InChI=1S/C20H25NO4/c1-24-17-7-2-5-15(13-17)9-10-20(23)21-11-3-6-16(21)14-18(22)19-8-4-12-25-19/h2,4-5,7-8,12-13,16,18,22H,3,6,9-11,14H2,1H3/t16-,18-/m0/s1. The lowest BCUT2D eigenvalue weighted by molar-refractivity contribution is -0.132. The zero-order chi connectivity index (χ0) is 17.6. The topological polar surface area (TPSA) is 62.9 Å². The summed E-state index contributed by atoms with van der Waals surface area (Å²) in [5.74, 6) is 1.53. The lowest BCUT2D eigenvalue weighted by Gasteiger charge is -2.26. The zero-order valence-corrected chi connectivity index (χ0v) is 14.6. The number of aliphatic hydroxyl groups excluding tert-OH is 1. The van der Waals surface area contributed by atoms with Crippen LogP contribution in [-0.4, -0.2) is 35.6 Å². The number of hydrogen-bond donors (Lipinski definition) is 1. The first-order valence-electron chi connectivity index (χ1n) is 8.81. The quantitative estimate of drug-likeness (QED) is 0.837. The molecule has 3 rings (SSSR count). The Hall–Kier alpha value is -2.27. The van der Waals surface area contributed by atoms with Crippen LogP contribution in [0.15, 0.2) is 47.1 Å². The van der Waals surface area contributed by atoms with E-state index in [9.17, 15) is 9.90 Å². The molecule has 0 unspecified atom stereocenters. The second-order valence-electron chi connectivity index (χ2n) is 6.50. The van der Waals surface area contributed by atoms with E-state index >= 15 is 0 Å². The van der Waals surface area contributed by atoms with E-state index in [-0.39, 0.29) is 11.9 Å². The molecule has 1 N–H and O–H groups in total. The highest BCUT2D eigenvalue weighted by atomic mass is 16.5. The molecule has 2 heterocycles. The summed E-state index contributed by atoms with van der Waals surface area (Å²) in [6, 6.07) is 11.4. The summed E-state index contributed by atoms with van der Waals surface area (Å²) >= 11 is 0. The number of aliphatic hydroxyl groups is 1. The van der Waals surface area contributed by atoms with Crippen molar-refractivity contribution < 1.29 is 19.1 Å². The number of aryl methyl sites for hydroxylation is 1. The van der Waals surface area contributed by atoms with Crippen molar-refractivity contribution in [3.63, 3.8) is 0 Å². The molecule has 1 fully saturated rings. The molecule has 1 amide bonds. The monoisotopic (exact) mass is 343 g/mol. The van der Waals surface area contributed by atoms with Gasteiger partial charge < -0.3 is 19.2 Å². The lowest BCUT2D eigenvalue weighted by atomic mass is 10.0. The molecule has 1 aliphatic heterocycles. The van der Waals surface area contributed by atoms with Gasteiger partial charge in [-0.25, -0.2) is 0 Å². The molecule has 1 aromatic heterocycles. The number of carbonyl (C=O) groups is 1. The zero-order valence-electron chi connectivity index (χ0n) is 14.6. The third-order valence-electron chi connectivity index (χ3n) is 4.83. The average molecular weight is 343 g/mol. The Bertz CT molecular complexity index is 683. The van der Waals surface area contributed by atoms with Crippen molar-refractivity contribution in [3.8, 4) is 5.75 Å². The molecule has 2 aromatic rings. The fourth-order valence-electron chi connectivity index (χ4n) is 3.49.